The molecule has 0 amide bonds. The summed E-state index contributed by atoms with van der Waals surface area (Å²) in [4.78, 5) is 1.27. The van der Waals surface area contributed by atoms with E-state index < -0.39 is 0 Å². The zero-order chi connectivity index (χ0) is 10.1. The number of benzene rings is 1. The molecule has 2 aromatic rings. The third-order valence-corrected chi connectivity index (χ3v) is 4.33. The van der Waals surface area contributed by atoms with Gasteiger partial charge in [0, 0.05) is 9.60 Å². The molecule has 0 fully saturated rings. The van der Waals surface area contributed by atoms with Crippen LogP contribution in [0, 0.1) is 6.92 Å². The van der Waals surface area contributed by atoms with Crippen LogP contribution < -0.4 is 0 Å². The lowest BCUT2D eigenvalue weighted by Crippen LogP contribution is -1.84. The summed E-state index contributed by atoms with van der Waals surface area (Å²) < 4.78 is 1.34. The molecule has 0 atom stereocenters. The minimum absolute atomic E-state index is 0.124. The third kappa shape index (κ3) is 1.56. The lowest BCUT2D eigenvalue weighted by molar-refractivity contribution is 0.282. The maximum Gasteiger partial charge on any atom is 0.0682 e. The molecule has 1 aromatic carbocycles. The van der Waals surface area contributed by atoms with Gasteiger partial charge in [-0.3, -0.25) is 0 Å². The lowest BCUT2D eigenvalue weighted by Gasteiger charge is -2.03. The molecule has 3 heteroatoms. The van der Waals surface area contributed by atoms with E-state index in [1.807, 2.05) is 0 Å². The number of aliphatic hydroxyl groups is 1. The van der Waals surface area contributed by atoms with E-state index in [2.05, 4.69) is 30.7 Å². The molecule has 1 heterocycles. The first-order valence-electron chi connectivity index (χ1n) is 4.42. The number of hydrogen-bond acceptors (Lipinski definition) is 3. The first kappa shape index (κ1) is 10.0. The van der Waals surface area contributed by atoms with Gasteiger partial charge in [-0.25, -0.2) is 0 Å². The molecule has 1 aromatic heterocycles. The van der Waals surface area contributed by atoms with E-state index in [1.165, 1.54) is 20.5 Å². The van der Waals surface area contributed by atoms with Crippen molar-refractivity contribution >= 4 is 33.2 Å². The number of thiophene rings is 1. The highest BCUT2D eigenvalue weighted by Gasteiger charge is 2.06. The van der Waals surface area contributed by atoms with Crippen molar-refractivity contribution in [2.24, 2.45) is 0 Å². The minimum Gasteiger partial charge on any atom is -0.392 e. The highest BCUT2D eigenvalue weighted by atomic mass is 32.2. The van der Waals surface area contributed by atoms with Crippen molar-refractivity contribution in [1.29, 1.82) is 0 Å². The van der Waals surface area contributed by atoms with Gasteiger partial charge in [0.1, 0.15) is 0 Å². The van der Waals surface area contributed by atoms with Crippen molar-refractivity contribution < 1.29 is 5.11 Å². The Morgan fingerprint density at radius 1 is 1.43 bits per heavy atom. The molecular formula is C11H12OS2. The Morgan fingerprint density at radius 3 is 2.86 bits per heavy atom. The van der Waals surface area contributed by atoms with Crippen LogP contribution in [0.25, 0.3) is 10.1 Å². The summed E-state index contributed by atoms with van der Waals surface area (Å²) in [6.45, 7) is 2.24. The Labute approximate surface area is 91.8 Å². The van der Waals surface area contributed by atoms with E-state index in [0.29, 0.717) is 0 Å². The topological polar surface area (TPSA) is 20.2 Å². The fourth-order valence-electron chi connectivity index (χ4n) is 1.53. The van der Waals surface area contributed by atoms with Crippen molar-refractivity contribution in [3.8, 4) is 0 Å². The van der Waals surface area contributed by atoms with E-state index in [4.69, 9.17) is 5.11 Å². The molecular weight excluding hydrogens is 212 g/mol. The quantitative estimate of drug-likeness (QED) is 0.789. The molecule has 0 bridgehead atoms. The molecule has 0 aliphatic rings. The van der Waals surface area contributed by atoms with Crippen LogP contribution in [-0.2, 0) is 6.61 Å². The van der Waals surface area contributed by atoms with Crippen LogP contribution in [0.5, 0.6) is 0 Å². The normalized spacial score (nSPS) is 11.1. The van der Waals surface area contributed by atoms with Gasteiger partial charge in [-0.15, -0.1) is 23.1 Å². The van der Waals surface area contributed by atoms with Crippen molar-refractivity contribution in [3.63, 3.8) is 0 Å². The second-order valence-corrected chi connectivity index (χ2v) is 4.98. The maximum atomic E-state index is 9.14. The van der Waals surface area contributed by atoms with Gasteiger partial charge in [0.15, 0.2) is 0 Å². The molecule has 0 unspecified atom stereocenters. The second-order valence-electron chi connectivity index (χ2n) is 3.25. The van der Waals surface area contributed by atoms with Crippen molar-refractivity contribution in [1.82, 2.24) is 0 Å². The third-order valence-electron chi connectivity index (χ3n) is 2.30. The van der Waals surface area contributed by atoms with Gasteiger partial charge in [-0.2, -0.15) is 0 Å². The summed E-state index contributed by atoms with van der Waals surface area (Å²) >= 11 is 3.52. The van der Waals surface area contributed by atoms with Crippen molar-refractivity contribution in [3.05, 3.63) is 28.6 Å². The zero-order valence-electron chi connectivity index (χ0n) is 8.20. The van der Waals surface area contributed by atoms with Gasteiger partial charge >= 0.3 is 0 Å². The average molecular weight is 224 g/mol. The number of aliphatic hydroxyl groups excluding tert-OH is 1. The van der Waals surface area contributed by atoms with Crippen LogP contribution in [0.15, 0.2) is 22.4 Å². The highest BCUT2D eigenvalue weighted by molar-refractivity contribution is 7.99. The molecule has 0 aliphatic heterocycles. The molecule has 0 aliphatic carbocycles. The summed E-state index contributed by atoms with van der Waals surface area (Å²) in [5.74, 6) is 0. The number of rotatable bonds is 2. The summed E-state index contributed by atoms with van der Waals surface area (Å²) in [6, 6.07) is 4.16. The van der Waals surface area contributed by atoms with Crippen molar-refractivity contribution in [2.45, 2.75) is 18.4 Å². The number of fused-ring (bicyclic) bond motifs is 1. The monoisotopic (exact) mass is 224 g/mol. The van der Waals surface area contributed by atoms with Crippen LogP contribution in [0.2, 0.25) is 0 Å². The van der Waals surface area contributed by atoms with Crippen LogP contribution in [0.4, 0.5) is 0 Å². The van der Waals surface area contributed by atoms with E-state index in [9.17, 15) is 0 Å². The van der Waals surface area contributed by atoms with Gasteiger partial charge in [0.2, 0.25) is 0 Å². The molecule has 74 valence electrons. The Balaban J connectivity index is 2.76. The highest BCUT2D eigenvalue weighted by Crippen LogP contribution is 2.34. The van der Waals surface area contributed by atoms with Crippen LogP contribution in [0.3, 0.4) is 0 Å². The fourth-order valence-corrected chi connectivity index (χ4v) is 3.43. The molecule has 2 rings (SSSR count). The largest absolute Gasteiger partial charge is 0.392 e. The van der Waals surface area contributed by atoms with E-state index >= 15 is 0 Å². The number of hydrogen-bond donors (Lipinski definition) is 1. The fraction of sp³-hybridized carbons (Fsp3) is 0.273. The minimum atomic E-state index is 0.124. The molecule has 0 saturated heterocycles. The second kappa shape index (κ2) is 3.93. The van der Waals surface area contributed by atoms with Crippen LogP contribution in [-0.4, -0.2) is 11.4 Å². The number of thioether (sulfide) groups is 1. The lowest BCUT2D eigenvalue weighted by atomic mass is 10.1. The predicted molar refractivity (Wildman–Crippen MR) is 64.3 cm³/mol. The Bertz CT molecular complexity index is 460. The first-order valence-corrected chi connectivity index (χ1v) is 6.52. The van der Waals surface area contributed by atoms with Crippen LogP contribution in [0.1, 0.15) is 11.1 Å². The first-order chi connectivity index (χ1) is 6.76. The smallest absolute Gasteiger partial charge is 0.0682 e. The van der Waals surface area contributed by atoms with E-state index in [-0.39, 0.29) is 6.61 Å². The van der Waals surface area contributed by atoms with E-state index in [1.54, 1.807) is 23.1 Å². The Morgan fingerprint density at radius 2 is 2.21 bits per heavy atom. The Hall–Kier alpha value is -0.510. The molecule has 0 spiro atoms. The summed E-state index contributed by atoms with van der Waals surface area (Å²) in [7, 11) is 0. The standard InChI is InChI=1S/C11H12OS2/c1-7-6-14-11-9(7)3-8(5-12)4-10(11)13-2/h3-4,6,12H,5H2,1-2H3. The van der Waals surface area contributed by atoms with Gasteiger partial charge in [-0.1, -0.05) is 0 Å². The molecule has 1 N–H and O–H groups in total. The number of aryl methyl sites for hydroxylation is 1. The van der Waals surface area contributed by atoms with Gasteiger partial charge in [0.25, 0.3) is 0 Å². The van der Waals surface area contributed by atoms with Crippen LogP contribution >= 0.6 is 23.1 Å². The van der Waals surface area contributed by atoms with Gasteiger partial charge in [-0.05, 0) is 47.2 Å². The summed E-state index contributed by atoms with van der Waals surface area (Å²) in [5.41, 5.74) is 2.30. The van der Waals surface area contributed by atoms with Crippen molar-refractivity contribution in [2.75, 3.05) is 6.26 Å². The predicted octanol–water partition coefficient (Wildman–Crippen LogP) is 3.42. The zero-order valence-corrected chi connectivity index (χ0v) is 9.84. The summed E-state index contributed by atoms with van der Waals surface area (Å²) in [5, 5.41) is 12.6. The SMILES string of the molecule is CSc1cc(CO)cc2c(C)csc12. The molecule has 14 heavy (non-hydrogen) atoms. The van der Waals surface area contributed by atoms with Gasteiger partial charge < -0.3 is 5.11 Å². The van der Waals surface area contributed by atoms with Gasteiger partial charge in [0.05, 0.1) is 6.61 Å². The maximum absolute atomic E-state index is 9.14. The molecule has 1 nitrogen and oxygen atoms in total. The average Bonchev–Trinajstić information content (AvgIpc) is 2.59. The molecule has 0 saturated carbocycles. The Kier molecular flexibility index (Phi) is 2.81. The molecule has 0 radical (unpaired) electrons. The summed E-state index contributed by atoms with van der Waals surface area (Å²) in [6.07, 6.45) is 2.07. The van der Waals surface area contributed by atoms with E-state index in [0.717, 1.165) is 5.56 Å².